The minimum Gasteiger partial charge on any atom is -0.423 e. The molecule has 16 rings (SSSR count). The van der Waals surface area contributed by atoms with Crippen LogP contribution < -0.4 is 5.46 Å². The molecule has 0 spiro atoms. The Morgan fingerprint density at radius 3 is 1.02 bits per heavy atom. The highest BCUT2D eigenvalue weighted by atomic mass is 127. The first-order valence-electron chi connectivity index (χ1n) is 29.7. The first-order valence-corrected chi connectivity index (χ1v) is 32.4. The van der Waals surface area contributed by atoms with Crippen molar-refractivity contribution in [2.75, 3.05) is 0 Å². The minimum atomic E-state index is -1.39. The molecule has 16 aromatic rings. The zero-order chi connectivity index (χ0) is 62.5. The number of hydrogen-bond acceptors (Lipinski definition) is 8. The molecular formula is C78H52BBr2IN8O2. The first kappa shape index (κ1) is 59.6. The molecule has 0 radical (unpaired) electrons. The van der Waals surface area contributed by atoms with E-state index in [2.05, 4.69) is 215 Å². The maximum absolute atomic E-state index is 8.73. The first-order chi connectivity index (χ1) is 45.2. The number of nitrogens with zero attached hydrogens (tertiary/aromatic N) is 8. The third-order valence-electron chi connectivity index (χ3n) is 15.8. The summed E-state index contributed by atoms with van der Waals surface area (Å²) in [4.78, 5) is 29.6. The van der Waals surface area contributed by atoms with Gasteiger partial charge in [0, 0.05) is 73.0 Å². The molecule has 0 atom stereocenters. The van der Waals surface area contributed by atoms with Gasteiger partial charge in [0.1, 0.15) is 0 Å². The maximum Gasteiger partial charge on any atom is 0.489 e. The summed E-state index contributed by atoms with van der Waals surface area (Å²) < 4.78 is 7.66. The van der Waals surface area contributed by atoms with Crippen molar-refractivity contribution in [3.8, 4) is 90.8 Å². The molecule has 4 heterocycles. The predicted molar refractivity (Wildman–Crippen MR) is 391 cm³/mol. The Labute approximate surface area is 561 Å². The molecule has 0 unspecified atom stereocenters. The van der Waals surface area contributed by atoms with Crippen LogP contribution in [0, 0.1) is 3.57 Å². The van der Waals surface area contributed by atoms with Crippen LogP contribution in [-0.4, -0.2) is 56.2 Å². The van der Waals surface area contributed by atoms with Crippen molar-refractivity contribution < 1.29 is 10.0 Å². The van der Waals surface area contributed by atoms with E-state index in [0.29, 0.717) is 44.9 Å². The van der Waals surface area contributed by atoms with Gasteiger partial charge >= 0.3 is 7.12 Å². The normalized spacial score (nSPS) is 11.1. The summed E-state index contributed by atoms with van der Waals surface area (Å²) in [6.07, 6.45) is 0. The number of rotatable bonds is 10. The molecule has 0 fully saturated rings. The van der Waals surface area contributed by atoms with E-state index in [-0.39, 0.29) is 0 Å². The van der Waals surface area contributed by atoms with Crippen LogP contribution in [0.5, 0.6) is 0 Å². The fourth-order valence-corrected chi connectivity index (χ4v) is 13.1. The zero-order valence-electron chi connectivity index (χ0n) is 49.1. The van der Waals surface area contributed by atoms with Crippen molar-refractivity contribution in [2.24, 2.45) is 0 Å². The number of fused-ring (bicyclic) bond motifs is 6. The van der Waals surface area contributed by atoms with E-state index in [1.807, 2.05) is 133 Å². The van der Waals surface area contributed by atoms with Crippen LogP contribution in [-0.2, 0) is 0 Å². The van der Waals surface area contributed by atoms with Crippen LogP contribution >= 0.6 is 54.5 Å². The van der Waals surface area contributed by atoms with Crippen molar-refractivity contribution in [1.82, 2.24) is 39.0 Å². The largest absolute Gasteiger partial charge is 0.489 e. The molecule has 12 aromatic carbocycles. The third kappa shape index (κ3) is 12.2. The highest BCUT2D eigenvalue weighted by Gasteiger charge is 2.21. The molecule has 92 heavy (non-hydrogen) atoms. The lowest BCUT2D eigenvalue weighted by atomic mass is 9.80. The molecule has 0 aliphatic rings. The highest BCUT2D eigenvalue weighted by molar-refractivity contribution is 14.1. The van der Waals surface area contributed by atoms with E-state index >= 15 is 0 Å². The number of halogens is 3. The lowest BCUT2D eigenvalue weighted by Crippen LogP contribution is -2.30. The van der Waals surface area contributed by atoms with E-state index in [1.54, 1.807) is 18.2 Å². The van der Waals surface area contributed by atoms with E-state index in [1.165, 1.54) is 30.6 Å². The number of hydrogen-bond donors (Lipinski definition) is 2. The molecule has 0 aliphatic carbocycles. The highest BCUT2D eigenvalue weighted by Crippen LogP contribution is 2.41. The molecule has 440 valence electrons. The predicted octanol–water partition coefficient (Wildman–Crippen LogP) is 19.1. The Morgan fingerprint density at radius 1 is 0.283 bits per heavy atom. The van der Waals surface area contributed by atoms with E-state index in [4.69, 9.17) is 40.0 Å². The van der Waals surface area contributed by atoms with Gasteiger partial charge in [-0.05, 0) is 88.2 Å². The molecule has 0 bridgehead atoms. The smallest absolute Gasteiger partial charge is 0.423 e. The molecule has 2 N–H and O–H groups in total. The van der Waals surface area contributed by atoms with Crippen molar-refractivity contribution in [1.29, 1.82) is 0 Å². The van der Waals surface area contributed by atoms with Gasteiger partial charge in [-0.3, -0.25) is 0 Å². The Kier molecular flexibility index (Phi) is 17.3. The summed E-state index contributed by atoms with van der Waals surface area (Å²) in [6, 6.07) is 103. The Balaban J connectivity index is 0.000000140. The summed E-state index contributed by atoms with van der Waals surface area (Å²) in [5.74, 6) is 3.90. The van der Waals surface area contributed by atoms with E-state index in [9.17, 15) is 0 Å². The lowest BCUT2D eigenvalue weighted by Gasteiger charge is -2.15. The van der Waals surface area contributed by atoms with Crippen molar-refractivity contribution in [2.45, 2.75) is 0 Å². The van der Waals surface area contributed by atoms with Crippen LogP contribution in [0.3, 0.4) is 0 Å². The second-order valence-corrected chi connectivity index (χ2v) is 24.5. The SMILES string of the molecule is Brc1ccccc1-c1ccccc1-n1c2ccccc2c2ccc(-c3nc(-c4ccccc4)nc(-c4ccccc4)n3)cc21.Ic1ccccc1-n1c2ccccc2c2ccc(-c3nc(-c4ccccc4)nc(-c4ccccc4)n3)cc21.OB(O)c1ccccc1Br. The lowest BCUT2D eigenvalue weighted by molar-refractivity contribution is 0.425. The van der Waals surface area contributed by atoms with Gasteiger partial charge in [0.05, 0.1) is 33.4 Å². The summed E-state index contributed by atoms with van der Waals surface area (Å²) in [7, 11) is -1.39. The molecule has 10 nitrogen and oxygen atoms in total. The van der Waals surface area contributed by atoms with Gasteiger partial charge in [-0.15, -0.1) is 0 Å². The van der Waals surface area contributed by atoms with Crippen LogP contribution in [0.2, 0.25) is 0 Å². The Hall–Kier alpha value is -10.1. The van der Waals surface area contributed by atoms with Gasteiger partial charge in [0.15, 0.2) is 34.9 Å². The molecule has 14 heteroatoms. The fraction of sp³-hybridized carbons (Fsp3) is 0. The second kappa shape index (κ2) is 26.8. The fourth-order valence-electron chi connectivity index (χ4n) is 11.5. The third-order valence-corrected chi connectivity index (χ3v) is 18.2. The summed E-state index contributed by atoms with van der Waals surface area (Å²) in [5, 5.41) is 22.2. The Bertz CT molecular complexity index is 5210. The average Bonchev–Trinajstić information content (AvgIpc) is 1.59. The van der Waals surface area contributed by atoms with Crippen LogP contribution in [0.4, 0.5) is 0 Å². The van der Waals surface area contributed by atoms with Gasteiger partial charge in [-0.1, -0.05) is 281 Å². The maximum atomic E-state index is 8.73. The van der Waals surface area contributed by atoms with Crippen LogP contribution in [0.1, 0.15) is 0 Å². The number of benzene rings is 12. The molecule has 0 aliphatic heterocycles. The van der Waals surface area contributed by atoms with Gasteiger partial charge in [0.25, 0.3) is 0 Å². The van der Waals surface area contributed by atoms with Gasteiger partial charge < -0.3 is 19.2 Å². The quantitative estimate of drug-likeness (QED) is 0.102. The number of aromatic nitrogens is 8. The molecule has 4 aromatic heterocycles. The van der Waals surface area contributed by atoms with Crippen molar-refractivity contribution in [3.63, 3.8) is 0 Å². The summed E-state index contributed by atoms with van der Waals surface area (Å²) in [6.45, 7) is 0. The van der Waals surface area contributed by atoms with E-state index in [0.717, 1.165) is 76.9 Å². The van der Waals surface area contributed by atoms with E-state index < -0.39 is 7.12 Å². The van der Waals surface area contributed by atoms with Crippen LogP contribution in [0.15, 0.2) is 312 Å². The second-order valence-electron chi connectivity index (χ2n) is 21.6. The molecular weight excluding hydrogens is 1380 g/mol. The van der Waals surface area contributed by atoms with Gasteiger partial charge in [-0.25, -0.2) is 29.9 Å². The minimum absolute atomic E-state index is 0.488. The van der Waals surface area contributed by atoms with Crippen molar-refractivity contribution in [3.05, 3.63) is 316 Å². The molecule has 0 amide bonds. The number of para-hydroxylation sites is 4. The molecule has 0 saturated carbocycles. The Morgan fingerprint density at radius 2 is 0.609 bits per heavy atom. The summed E-state index contributed by atoms with van der Waals surface area (Å²) >= 11 is 9.38. The topological polar surface area (TPSA) is 128 Å². The standard InChI is InChI=1S/C39H25BrN4.C33H21IN4.C6H6BBrO2/c40-33-20-10-7-17-29(33)30-18-8-11-21-34(30)44-35-22-12-9-19-31(35)32-24-23-28(25-36(32)44)39-42-37(26-13-3-1-4-14-26)41-38(43-39)27-15-5-2-6-16-27;34-27-16-8-10-18-29(27)38-28-17-9-7-15-25(28)26-20-19-24(21-30(26)38)33-36-31(22-11-3-1-4-12-22)35-32(37-33)23-13-5-2-6-14-23;8-6-4-2-1-3-5(6)7(9)10/h1-25H;1-21H;1-4,9-10H. The van der Waals surface area contributed by atoms with Crippen LogP contribution in [0.25, 0.3) is 134 Å². The van der Waals surface area contributed by atoms with Gasteiger partial charge in [-0.2, -0.15) is 0 Å². The summed E-state index contributed by atoms with van der Waals surface area (Å²) in [5.41, 5.74) is 15.3. The van der Waals surface area contributed by atoms with Gasteiger partial charge in [0.2, 0.25) is 0 Å². The monoisotopic (exact) mass is 1430 g/mol. The molecule has 0 saturated heterocycles. The zero-order valence-corrected chi connectivity index (χ0v) is 54.4. The average molecular weight is 1430 g/mol. The van der Waals surface area contributed by atoms with Crippen molar-refractivity contribution >= 4 is 111 Å².